The zero-order chi connectivity index (χ0) is 18.5. The van der Waals surface area contributed by atoms with Gasteiger partial charge in [0.2, 0.25) is 0 Å². The van der Waals surface area contributed by atoms with Gasteiger partial charge in [0.05, 0.1) is 10.6 Å². The predicted molar refractivity (Wildman–Crippen MR) is 99.3 cm³/mol. The van der Waals surface area contributed by atoms with Gasteiger partial charge in [-0.15, -0.1) is 10.2 Å². The molecule has 8 nitrogen and oxygen atoms in total. The lowest BCUT2D eigenvalue weighted by atomic mass is 10.3. The molecule has 1 aromatic heterocycles. The molecule has 3 rings (SSSR count). The molecule has 0 amide bonds. The molecule has 0 spiro atoms. The minimum absolute atomic E-state index is 0.0194. The van der Waals surface area contributed by atoms with Crippen LogP contribution in [0.1, 0.15) is 0 Å². The zero-order valence-electron chi connectivity index (χ0n) is 13.8. The van der Waals surface area contributed by atoms with E-state index in [1.165, 1.54) is 6.07 Å². The van der Waals surface area contributed by atoms with Crippen LogP contribution < -0.4 is 9.64 Å². The van der Waals surface area contributed by atoms with E-state index in [1.807, 2.05) is 0 Å². The van der Waals surface area contributed by atoms with Gasteiger partial charge in [-0.3, -0.25) is 15.0 Å². The highest BCUT2D eigenvalue weighted by Gasteiger charge is 2.20. The summed E-state index contributed by atoms with van der Waals surface area (Å²) < 4.78 is 5.59. The van der Waals surface area contributed by atoms with Gasteiger partial charge in [-0.2, -0.15) is 0 Å². The Morgan fingerprint density at radius 2 is 1.88 bits per heavy atom. The second-order valence-corrected chi connectivity index (χ2v) is 6.49. The molecule has 2 aromatic rings. The third kappa shape index (κ3) is 4.51. The maximum absolute atomic E-state index is 11.0. The summed E-state index contributed by atoms with van der Waals surface area (Å²) in [6, 6.07) is 8.10. The maximum atomic E-state index is 11.0. The van der Waals surface area contributed by atoms with Crippen molar-refractivity contribution in [3.63, 3.8) is 0 Å². The first-order valence-corrected chi connectivity index (χ1v) is 8.82. The van der Waals surface area contributed by atoms with Crippen molar-refractivity contribution in [3.05, 3.63) is 50.8 Å². The van der Waals surface area contributed by atoms with Crippen molar-refractivity contribution >= 4 is 34.6 Å². The first-order chi connectivity index (χ1) is 12.5. The smallest absolute Gasteiger partial charge is 0.310 e. The fourth-order valence-corrected chi connectivity index (χ4v) is 3.15. The molecule has 138 valence electrons. The lowest BCUT2D eigenvalue weighted by Gasteiger charge is -2.36. The molecular weight excluding hydrogens is 381 g/mol. The van der Waals surface area contributed by atoms with E-state index in [-0.39, 0.29) is 5.69 Å². The van der Waals surface area contributed by atoms with Gasteiger partial charge in [-0.05, 0) is 6.07 Å². The van der Waals surface area contributed by atoms with E-state index >= 15 is 0 Å². The molecule has 1 saturated heterocycles. The van der Waals surface area contributed by atoms with Gasteiger partial charge in [0.25, 0.3) is 0 Å². The Labute approximate surface area is 160 Å². The Balaban J connectivity index is 1.49. The second kappa shape index (κ2) is 8.48. The van der Waals surface area contributed by atoms with E-state index in [4.69, 9.17) is 27.9 Å². The lowest BCUT2D eigenvalue weighted by molar-refractivity contribution is -0.385. The summed E-state index contributed by atoms with van der Waals surface area (Å²) in [7, 11) is 0. The molecule has 26 heavy (non-hydrogen) atoms. The summed E-state index contributed by atoms with van der Waals surface area (Å²) in [5.41, 5.74) is 0.761. The molecule has 2 heterocycles. The monoisotopic (exact) mass is 397 g/mol. The minimum Gasteiger partial charge on any atom is -0.485 e. The summed E-state index contributed by atoms with van der Waals surface area (Å²) in [6.07, 6.45) is 0. The molecule has 1 aliphatic heterocycles. The number of benzene rings is 1. The molecule has 0 atom stereocenters. The predicted octanol–water partition coefficient (Wildman–Crippen LogP) is 2.89. The summed E-state index contributed by atoms with van der Waals surface area (Å²) in [6.45, 7) is 4.24. The molecule has 1 aliphatic rings. The first-order valence-electron chi connectivity index (χ1n) is 8.07. The maximum Gasteiger partial charge on any atom is 0.310 e. The number of aromatic nitrogens is 2. The number of piperazine rings is 1. The quantitative estimate of drug-likeness (QED) is 0.546. The lowest BCUT2D eigenvalue weighted by Crippen LogP contribution is -2.47. The SMILES string of the molecule is O=[N+]([O-])c1ccccc1OCCN1CCN(c2cc(Cl)nnc2Cl)CC1. The summed E-state index contributed by atoms with van der Waals surface area (Å²) >= 11 is 12.0. The largest absolute Gasteiger partial charge is 0.485 e. The molecule has 0 unspecified atom stereocenters. The van der Waals surface area contributed by atoms with Crippen LogP contribution in [0.15, 0.2) is 30.3 Å². The molecule has 0 bridgehead atoms. The van der Waals surface area contributed by atoms with Gasteiger partial charge >= 0.3 is 5.69 Å². The van der Waals surface area contributed by atoms with Crippen LogP contribution in [0.5, 0.6) is 5.75 Å². The summed E-state index contributed by atoms with van der Waals surface area (Å²) in [5.74, 6) is 0.292. The third-order valence-corrected chi connectivity index (χ3v) is 4.59. The van der Waals surface area contributed by atoms with Crippen LogP contribution in [0.2, 0.25) is 10.3 Å². The highest BCUT2D eigenvalue weighted by molar-refractivity contribution is 6.33. The molecule has 0 radical (unpaired) electrons. The van der Waals surface area contributed by atoms with Gasteiger partial charge < -0.3 is 9.64 Å². The number of rotatable bonds is 6. The zero-order valence-corrected chi connectivity index (χ0v) is 15.4. The molecule has 0 saturated carbocycles. The minimum atomic E-state index is -0.439. The molecular formula is C16H17Cl2N5O3. The summed E-state index contributed by atoms with van der Waals surface area (Å²) in [4.78, 5) is 14.9. The first kappa shape index (κ1) is 18.6. The topological polar surface area (TPSA) is 84.6 Å². The van der Waals surface area contributed by atoms with Crippen LogP contribution in [0.4, 0.5) is 11.4 Å². The van der Waals surface area contributed by atoms with Gasteiger partial charge in [0.1, 0.15) is 6.61 Å². The Hall–Kier alpha value is -2.16. The van der Waals surface area contributed by atoms with E-state index in [0.717, 1.165) is 31.9 Å². The Kier molecular flexibility index (Phi) is 6.08. The Morgan fingerprint density at radius 1 is 1.15 bits per heavy atom. The van der Waals surface area contributed by atoms with Gasteiger partial charge in [-0.1, -0.05) is 35.3 Å². The average molecular weight is 398 g/mol. The van der Waals surface area contributed by atoms with Gasteiger partial charge in [0.15, 0.2) is 16.1 Å². The number of nitrogens with zero attached hydrogens (tertiary/aromatic N) is 5. The van der Waals surface area contributed by atoms with Gasteiger partial charge in [-0.25, -0.2) is 0 Å². The van der Waals surface area contributed by atoms with E-state index in [2.05, 4.69) is 20.0 Å². The standard InChI is InChI=1S/C16H17Cl2N5O3/c17-15-11-13(16(18)20-19-15)22-7-5-21(6-8-22)9-10-26-14-4-2-1-3-12(14)23(24)25/h1-4,11H,5-10H2. The molecule has 1 fully saturated rings. The van der Waals surface area contributed by atoms with Crippen molar-refractivity contribution in [2.24, 2.45) is 0 Å². The van der Waals surface area contributed by atoms with E-state index in [9.17, 15) is 10.1 Å². The van der Waals surface area contributed by atoms with E-state index in [0.29, 0.717) is 29.2 Å². The highest BCUT2D eigenvalue weighted by Crippen LogP contribution is 2.27. The van der Waals surface area contributed by atoms with Crippen LogP contribution in [0, 0.1) is 10.1 Å². The summed E-state index contributed by atoms with van der Waals surface area (Å²) in [5, 5.41) is 19.2. The third-order valence-electron chi connectivity index (χ3n) is 4.14. The number of ether oxygens (including phenoxy) is 1. The second-order valence-electron chi connectivity index (χ2n) is 5.75. The van der Waals surface area contributed by atoms with Crippen LogP contribution in [0.25, 0.3) is 0 Å². The van der Waals surface area contributed by atoms with Crippen LogP contribution in [0.3, 0.4) is 0 Å². The fraction of sp³-hybridized carbons (Fsp3) is 0.375. The number of halogens is 2. The number of para-hydroxylation sites is 2. The average Bonchev–Trinajstić information content (AvgIpc) is 2.65. The molecule has 10 heteroatoms. The number of nitro groups is 1. The van der Waals surface area contributed by atoms with Crippen LogP contribution >= 0.6 is 23.2 Å². The van der Waals surface area contributed by atoms with Crippen LogP contribution in [-0.2, 0) is 0 Å². The van der Waals surface area contributed by atoms with Crippen molar-refractivity contribution < 1.29 is 9.66 Å². The number of anilines is 1. The van der Waals surface area contributed by atoms with E-state index in [1.54, 1.807) is 24.3 Å². The van der Waals surface area contributed by atoms with E-state index < -0.39 is 4.92 Å². The van der Waals surface area contributed by atoms with Crippen molar-refractivity contribution in [1.29, 1.82) is 0 Å². The highest BCUT2D eigenvalue weighted by atomic mass is 35.5. The normalized spacial score (nSPS) is 15.1. The van der Waals surface area contributed by atoms with Gasteiger partial charge in [0, 0.05) is 44.9 Å². The number of hydrogen-bond donors (Lipinski definition) is 0. The fourth-order valence-electron chi connectivity index (χ4n) is 2.79. The van der Waals surface area contributed by atoms with Crippen LogP contribution in [-0.4, -0.2) is 59.4 Å². The molecule has 0 N–H and O–H groups in total. The molecule has 0 aliphatic carbocycles. The van der Waals surface area contributed by atoms with Crippen molar-refractivity contribution in [3.8, 4) is 5.75 Å². The number of nitro benzene ring substituents is 1. The Bertz CT molecular complexity index is 784. The molecule has 1 aromatic carbocycles. The van der Waals surface area contributed by atoms with Crippen molar-refractivity contribution in [2.45, 2.75) is 0 Å². The van der Waals surface area contributed by atoms with Crippen molar-refractivity contribution in [2.75, 3.05) is 44.2 Å². The number of hydrogen-bond acceptors (Lipinski definition) is 7. The Morgan fingerprint density at radius 3 is 2.62 bits per heavy atom. The van der Waals surface area contributed by atoms with Crippen molar-refractivity contribution in [1.82, 2.24) is 15.1 Å².